The van der Waals surface area contributed by atoms with E-state index in [4.69, 9.17) is 0 Å². The topological polar surface area (TPSA) is 3.24 Å². The van der Waals surface area contributed by atoms with Crippen LogP contribution in [0.2, 0.25) is 0 Å². The molecule has 1 rings (SSSR count). The second kappa shape index (κ2) is 3.97. The molecular weight excluding hydrogens is 122 g/mol. The van der Waals surface area contributed by atoms with Crippen LogP contribution >= 0.6 is 0 Å². The highest BCUT2D eigenvalue weighted by Gasteiger charge is 2.21. The van der Waals surface area contributed by atoms with Gasteiger partial charge in [0.15, 0.2) is 0 Å². The van der Waals surface area contributed by atoms with Crippen molar-refractivity contribution in [1.82, 2.24) is 4.90 Å². The molecular formula is C9H19N. The first kappa shape index (κ1) is 8.06. The lowest BCUT2D eigenvalue weighted by molar-refractivity contribution is 0.254. The third-order valence-corrected chi connectivity index (χ3v) is 2.53. The van der Waals surface area contributed by atoms with Gasteiger partial charge in [0.05, 0.1) is 0 Å². The Balaban J connectivity index is 2.27. The maximum absolute atomic E-state index is 2.61. The highest BCUT2D eigenvalue weighted by Crippen LogP contribution is 2.20. The normalized spacial score (nSPS) is 27.6. The molecule has 0 aliphatic carbocycles. The van der Waals surface area contributed by atoms with Crippen molar-refractivity contribution in [3.8, 4) is 0 Å². The minimum absolute atomic E-state index is 0.926. The molecule has 1 nitrogen and oxygen atoms in total. The van der Waals surface area contributed by atoms with Crippen molar-refractivity contribution in [1.29, 1.82) is 0 Å². The van der Waals surface area contributed by atoms with E-state index in [0.29, 0.717) is 0 Å². The van der Waals surface area contributed by atoms with Gasteiger partial charge >= 0.3 is 0 Å². The summed E-state index contributed by atoms with van der Waals surface area (Å²) in [6.07, 6.45) is 5.63. The number of likely N-dealkylation sites (tertiary alicyclic amines) is 1. The maximum Gasteiger partial charge on any atom is 0.00955 e. The van der Waals surface area contributed by atoms with Crippen molar-refractivity contribution in [2.24, 2.45) is 0 Å². The zero-order valence-electron chi connectivity index (χ0n) is 7.27. The summed E-state index contributed by atoms with van der Waals surface area (Å²) in [5, 5.41) is 0. The van der Waals surface area contributed by atoms with Crippen molar-refractivity contribution >= 4 is 0 Å². The van der Waals surface area contributed by atoms with E-state index < -0.39 is 0 Å². The molecule has 60 valence electrons. The van der Waals surface area contributed by atoms with E-state index >= 15 is 0 Å². The summed E-state index contributed by atoms with van der Waals surface area (Å²) < 4.78 is 0. The molecule has 0 aromatic rings. The van der Waals surface area contributed by atoms with E-state index in [0.717, 1.165) is 6.04 Å². The molecule has 0 saturated carbocycles. The largest absolute Gasteiger partial charge is 0.301 e. The first-order chi connectivity index (χ1) is 4.88. The smallest absolute Gasteiger partial charge is 0.00955 e. The number of hydrogen-bond donors (Lipinski definition) is 0. The summed E-state index contributed by atoms with van der Waals surface area (Å²) in [6.45, 7) is 7.16. The van der Waals surface area contributed by atoms with Crippen molar-refractivity contribution in [3.05, 3.63) is 0 Å². The lowest BCUT2D eigenvalue weighted by atomic mass is 10.1. The van der Waals surface area contributed by atoms with E-state index in [2.05, 4.69) is 18.7 Å². The van der Waals surface area contributed by atoms with Gasteiger partial charge in [0.1, 0.15) is 0 Å². The molecule has 0 amide bonds. The molecule has 0 unspecified atom stereocenters. The van der Waals surface area contributed by atoms with E-state index in [-0.39, 0.29) is 0 Å². The Morgan fingerprint density at radius 3 is 2.80 bits per heavy atom. The second-order valence-corrected chi connectivity index (χ2v) is 3.21. The minimum atomic E-state index is 0.926. The van der Waals surface area contributed by atoms with E-state index in [1.807, 2.05) is 0 Å². The summed E-state index contributed by atoms with van der Waals surface area (Å²) in [4.78, 5) is 2.61. The van der Waals surface area contributed by atoms with Gasteiger partial charge in [0.25, 0.3) is 0 Å². The average Bonchev–Trinajstić information content (AvgIpc) is 2.36. The van der Waals surface area contributed by atoms with Crippen LogP contribution in [0.5, 0.6) is 0 Å². The summed E-state index contributed by atoms with van der Waals surface area (Å²) in [5.74, 6) is 0. The Kier molecular flexibility index (Phi) is 3.20. The van der Waals surface area contributed by atoms with Crippen LogP contribution in [0.1, 0.15) is 39.5 Å². The molecule has 1 heterocycles. The fraction of sp³-hybridized carbons (Fsp3) is 1.00. The van der Waals surface area contributed by atoms with Crippen LogP contribution in [0.4, 0.5) is 0 Å². The quantitative estimate of drug-likeness (QED) is 0.583. The molecule has 0 aromatic carbocycles. The van der Waals surface area contributed by atoms with Crippen molar-refractivity contribution < 1.29 is 0 Å². The molecule has 1 saturated heterocycles. The van der Waals surface area contributed by atoms with Gasteiger partial charge in [-0.3, -0.25) is 0 Å². The van der Waals surface area contributed by atoms with Gasteiger partial charge < -0.3 is 4.90 Å². The fourth-order valence-corrected chi connectivity index (χ4v) is 1.97. The van der Waals surface area contributed by atoms with E-state index in [1.54, 1.807) is 0 Å². The van der Waals surface area contributed by atoms with Crippen LogP contribution in [-0.4, -0.2) is 24.0 Å². The molecule has 0 spiro atoms. The van der Waals surface area contributed by atoms with E-state index in [9.17, 15) is 0 Å². The van der Waals surface area contributed by atoms with Crippen LogP contribution in [0, 0.1) is 0 Å². The molecule has 0 aromatic heterocycles. The summed E-state index contributed by atoms with van der Waals surface area (Å²) in [5.41, 5.74) is 0. The van der Waals surface area contributed by atoms with Crippen molar-refractivity contribution in [3.63, 3.8) is 0 Å². The predicted octanol–water partition coefficient (Wildman–Crippen LogP) is 2.27. The van der Waals surface area contributed by atoms with Crippen LogP contribution in [0.15, 0.2) is 0 Å². The highest BCUT2D eigenvalue weighted by molar-refractivity contribution is 4.77. The first-order valence-electron chi connectivity index (χ1n) is 4.62. The lowest BCUT2D eigenvalue weighted by Crippen LogP contribution is -2.28. The Hall–Kier alpha value is -0.0400. The average molecular weight is 141 g/mol. The molecule has 1 fully saturated rings. The molecule has 10 heavy (non-hydrogen) atoms. The Bertz CT molecular complexity index is 90.7. The van der Waals surface area contributed by atoms with Crippen molar-refractivity contribution in [2.75, 3.05) is 13.1 Å². The number of nitrogens with zero attached hydrogens (tertiary/aromatic N) is 1. The third kappa shape index (κ3) is 1.72. The van der Waals surface area contributed by atoms with Crippen LogP contribution in [0.3, 0.4) is 0 Å². The van der Waals surface area contributed by atoms with Gasteiger partial charge in [0.2, 0.25) is 0 Å². The molecule has 1 aliphatic rings. The fourth-order valence-electron chi connectivity index (χ4n) is 1.97. The molecule has 0 radical (unpaired) electrons. The van der Waals surface area contributed by atoms with Crippen molar-refractivity contribution in [2.45, 2.75) is 45.6 Å². The van der Waals surface area contributed by atoms with Gasteiger partial charge in [-0.2, -0.15) is 0 Å². The first-order valence-corrected chi connectivity index (χ1v) is 4.62. The summed E-state index contributed by atoms with van der Waals surface area (Å²) in [7, 11) is 0. The SMILES string of the molecule is CCC[C@H]1CCCN1CC. The molecule has 0 bridgehead atoms. The second-order valence-electron chi connectivity index (χ2n) is 3.21. The Morgan fingerprint density at radius 2 is 2.20 bits per heavy atom. The number of hydrogen-bond acceptors (Lipinski definition) is 1. The summed E-state index contributed by atoms with van der Waals surface area (Å²) >= 11 is 0. The van der Waals surface area contributed by atoms with Gasteiger partial charge in [-0.25, -0.2) is 0 Å². The third-order valence-electron chi connectivity index (χ3n) is 2.53. The maximum atomic E-state index is 2.61. The predicted molar refractivity (Wildman–Crippen MR) is 45.2 cm³/mol. The highest BCUT2D eigenvalue weighted by atomic mass is 15.2. The minimum Gasteiger partial charge on any atom is -0.301 e. The summed E-state index contributed by atoms with van der Waals surface area (Å²) in [6, 6.07) is 0.926. The molecule has 1 aliphatic heterocycles. The zero-order chi connectivity index (χ0) is 7.40. The lowest BCUT2D eigenvalue weighted by Gasteiger charge is -2.21. The standard InChI is InChI=1S/C9H19N/c1-3-6-9-7-5-8-10(9)4-2/h9H,3-8H2,1-2H3/t9-/m0/s1. The molecule has 1 atom stereocenters. The Morgan fingerprint density at radius 1 is 1.40 bits per heavy atom. The molecule has 0 N–H and O–H groups in total. The molecule has 1 heteroatoms. The Labute approximate surface area is 64.4 Å². The van der Waals surface area contributed by atoms with Gasteiger partial charge in [-0.05, 0) is 32.4 Å². The van der Waals surface area contributed by atoms with Gasteiger partial charge in [-0.1, -0.05) is 20.3 Å². The van der Waals surface area contributed by atoms with E-state index in [1.165, 1.54) is 38.8 Å². The van der Waals surface area contributed by atoms with Crippen LogP contribution < -0.4 is 0 Å². The van der Waals surface area contributed by atoms with Crippen LogP contribution in [-0.2, 0) is 0 Å². The van der Waals surface area contributed by atoms with Crippen LogP contribution in [0.25, 0.3) is 0 Å². The van der Waals surface area contributed by atoms with Gasteiger partial charge in [-0.15, -0.1) is 0 Å². The zero-order valence-corrected chi connectivity index (χ0v) is 7.27. The monoisotopic (exact) mass is 141 g/mol. The van der Waals surface area contributed by atoms with Gasteiger partial charge in [0, 0.05) is 6.04 Å². The number of rotatable bonds is 3.